The average molecular weight is 221 g/mol. The maximum Gasteiger partial charge on any atom is 0.216 e. The summed E-state index contributed by atoms with van der Waals surface area (Å²) in [6, 6.07) is 2.04. The van der Waals surface area contributed by atoms with Crippen LogP contribution in [0.5, 0.6) is 11.6 Å². The minimum atomic E-state index is 0.160. The van der Waals surface area contributed by atoms with Crippen LogP contribution in [0.4, 0.5) is 0 Å². The average Bonchev–Trinajstić information content (AvgIpc) is 3.03. The van der Waals surface area contributed by atoms with E-state index in [1.807, 2.05) is 19.9 Å². The van der Waals surface area contributed by atoms with Crippen LogP contribution in [0.25, 0.3) is 0 Å². The summed E-state index contributed by atoms with van der Waals surface area (Å²) in [5, 5.41) is 0. The maximum atomic E-state index is 5.71. The van der Waals surface area contributed by atoms with Crippen LogP contribution in [0.3, 0.4) is 0 Å². The molecule has 0 aromatic carbocycles. The van der Waals surface area contributed by atoms with E-state index in [0.29, 0.717) is 6.10 Å². The molecule has 0 radical (unpaired) electrons. The van der Waals surface area contributed by atoms with E-state index in [-0.39, 0.29) is 6.10 Å². The Balaban J connectivity index is 2.12. The van der Waals surface area contributed by atoms with Crippen molar-refractivity contribution in [2.45, 2.75) is 52.2 Å². The Morgan fingerprint density at radius 2 is 2.19 bits per heavy atom. The Morgan fingerprint density at radius 3 is 2.75 bits per heavy atom. The molecule has 1 aromatic heterocycles. The predicted octanol–water partition coefficient (Wildman–Crippen LogP) is 2.97. The molecular formula is C13H19NO2. The normalized spacial score (nSPS) is 15.2. The van der Waals surface area contributed by atoms with Crippen LogP contribution >= 0.6 is 0 Å². The van der Waals surface area contributed by atoms with Crippen molar-refractivity contribution in [2.24, 2.45) is 0 Å². The lowest BCUT2D eigenvalue weighted by Crippen LogP contribution is -2.09. The van der Waals surface area contributed by atoms with Gasteiger partial charge in [0.05, 0.1) is 18.4 Å². The smallest absolute Gasteiger partial charge is 0.216 e. The molecule has 1 aliphatic carbocycles. The van der Waals surface area contributed by atoms with Crippen molar-refractivity contribution in [3.8, 4) is 11.6 Å². The third-order valence-electron chi connectivity index (χ3n) is 2.46. The van der Waals surface area contributed by atoms with Crippen molar-refractivity contribution in [2.75, 3.05) is 0 Å². The number of aryl methyl sites for hydroxylation is 1. The zero-order valence-corrected chi connectivity index (χ0v) is 10.2. The highest BCUT2D eigenvalue weighted by Crippen LogP contribution is 2.29. The molecule has 3 nitrogen and oxygen atoms in total. The summed E-state index contributed by atoms with van der Waals surface area (Å²) in [4.78, 5) is 4.32. The SMILES string of the molecule is CCc1cc(OC2CC2)cnc1OC(C)C. The Bertz CT molecular complexity index is 359. The molecule has 0 bridgehead atoms. The highest BCUT2D eigenvalue weighted by Gasteiger charge is 2.24. The van der Waals surface area contributed by atoms with Crippen LogP contribution < -0.4 is 9.47 Å². The number of ether oxygens (including phenoxy) is 2. The molecule has 0 unspecified atom stereocenters. The first kappa shape index (κ1) is 11.2. The van der Waals surface area contributed by atoms with Gasteiger partial charge in [-0.3, -0.25) is 0 Å². The van der Waals surface area contributed by atoms with Crippen molar-refractivity contribution in [1.29, 1.82) is 0 Å². The summed E-state index contributed by atoms with van der Waals surface area (Å²) in [6.45, 7) is 6.12. The van der Waals surface area contributed by atoms with Gasteiger partial charge in [-0.2, -0.15) is 0 Å². The largest absolute Gasteiger partial charge is 0.489 e. The first-order valence-corrected chi connectivity index (χ1v) is 6.01. The van der Waals surface area contributed by atoms with E-state index in [2.05, 4.69) is 11.9 Å². The van der Waals surface area contributed by atoms with Gasteiger partial charge in [-0.05, 0) is 39.2 Å². The number of pyridine rings is 1. The highest BCUT2D eigenvalue weighted by molar-refractivity contribution is 5.33. The second kappa shape index (κ2) is 4.73. The molecule has 1 aliphatic rings. The van der Waals surface area contributed by atoms with Gasteiger partial charge in [-0.15, -0.1) is 0 Å². The molecule has 0 amide bonds. The van der Waals surface area contributed by atoms with Crippen molar-refractivity contribution in [1.82, 2.24) is 4.98 Å². The minimum Gasteiger partial charge on any atom is -0.489 e. The summed E-state index contributed by atoms with van der Waals surface area (Å²) < 4.78 is 11.4. The third-order valence-corrected chi connectivity index (χ3v) is 2.46. The number of hydrogen-bond acceptors (Lipinski definition) is 3. The van der Waals surface area contributed by atoms with E-state index in [9.17, 15) is 0 Å². The molecular weight excluding hydrogens is 202 g/mol. The van der Waals surface area contributed by atoms with Gasteiger partial charge in [0.2, 0.25) is 5.88 Å². The van der Waals surface area contributed by atoms with Crippen LogP contribution in [0, 0.1) is 0 Å². The lowest BCUT2D eigenvalue weighted by molar-refractivity contribution is 0.228. The number of rotatable bonds is 5. The molecule has 2 rings (SSSR count). The highest BCUT2D eigenvalue weighted by atomic mass is 16.5. The zero-order chi connectivity index (χ0) is 11.5. The van der Waals surface area contributed by atoms with E-state index in [1.54, 1.807) is 6.20 Å². The van der Waals surface area contributed by atoms with Gasteiger partial charge in [0, 0.05) is 5.56 Å². The van der Waals surface area contributed by atoms with Crippen LogP contribution in [-0.4, -0.2) is 17.2 Å². The Hall–Kier alpha value is -1.25. The lowest BCUT2D eigenvalue weighted by Gasteiger charge is -2.13. The molecule has 88 valence electrons. The molecule has 0 atom stereocenters. The van der Waals surface area contributed by atoms with Crippen molar-refractivity contribution >= 4 is 0 Å². The second-order valence-electron chi connectivity index (χ2n) is 4.47. The molecule has 1 fully saturated rings. The lowest BCUT2D eigenvalue weighted by atomic mass is 10.2. The number of aromatic nitrogens is 1. The second-order valence-corrected chi connectivity index (χ2v) is 4.47. The summed E-state index contributed by atoms with van der Waals surface area (Å²) in [5.41, 5.74) is 1.12. The van der Waals surface area contributed by atoms with Gasteiger partial charge in [-0.1, -0.05) is 6.92 Å². The fourth-order valence-electron chi connectivity index (χ4n) is 1.50. The molecule has 1 saturated carbocycles. The van der Waals surface area contributed by atoms with Crippen LogP contribution in [-0.2, 0) is 6.42 Å². The van der Waals surface area contributed by atoms with Crippen LogP contribution in [0.1, 0.15) is 39.2 Å². The molecule has 1 aromatic rings. The standard InChI is InChI=1S/C13H19NO2/c1-4-10-7-12(16-11-5-6-11)8-14-13(10)15-9(2)3/h7-9,11H,4-6H2,1-3H3. The van der Waals surface area contributed by atoms with Gasteiger partial charge in [0.25, 0.3) is 0 Å². The third kappa shape index (κ3) is 2.87. The molecule has 0 aliphatic heterocycles. The molecule has 3 heteroatoms. The van der Waals surface area contributed by atoms with Gasteiger partial charge in [0.1, 0.15) is 5.75 Å². The van der Waals surface area contributed by atoms with Crippen molar-refractivity contribution in [3.63, 3.8) is 0 Å². The fourth-order valence-corrected chi connectivity index (χ4v) is 1.50. The number of hydrogen-bond donors (Lipinski definition) is 0. The first-order chi connectivity index (χ1) is 7.69. The summed E-state index contributed by atoms with van der Waals surface area (Å²) in [6.07, 6.45) is 5.60. The monoisotopic (exact) mass is 221 g/mol. The Kier molecular flexibility index (Phi) is 3.32. The van der Waals surface area contributed by atoms with E-state index in [1.165, 1.54) is 12.8 Å². The van der Waals surface area contributed by atoms with Crippen molar-refractivity contribution < 1.29 is 9.47 Å². The number of nitrogens with zero attached hydrogens (tertiary/aromatic N) is 1. The molecule has 0 spiro atoms. The van der Waals surface area contributed by atoms with E-state index >= 15 is 0 Å². The maximum absolute atomic E-state index is 5.71. The Morgan fingerprint density at radius 1 is 1.44 bits per heavy atom. The fraction of sp³-hybridized carbons (Fsp3) is 0.615. The summed E-state index contributed by atoms with van der Waals surface area (Å²) in [7, 11) is 0. The molecule has 0 saturated heterocycles. The van der Waals surface area contributed by atoms with E-state index in [0.717, 1.165) is 23.6 Å². The minimum absolute atomic E-state index is 0.160. The molecule has 16 heavy (non-hydrogen) atoms. The zero-order valence-electron chi connectivity index (χ0n) is 10.2. The van der Waals surface area contributed by atoms with Gasteiger partial charge < -0.3 is 9.47 Å². The van der Waals surface area contributed by atoms with E-state index < -0.39 is 0 Å². The van der Waals surface area contributed by atoms with Crippen LogP contribution in [0.15, 0.2) is 12.3 Å². The van der Waals surface area contributed by atoms with Gasteiger partial charge >= 0.3 is 0 Å². The molecule has 1 heterocycles. The molecule has 0 N–H and O–H groups in total. The quantitative estimate of drug-likeness (QED) is 0.766. The summed E-state index contributed by atoms with van der Waals surface area (Å²) >= 11 is 0. The van der Waals surface area contributed by atoms with Crippen LogP contribution in [0.2, 0.25) is 0 Å². The van der Waals surface area contributed by atoms with Gasteiger partial charge in [0.15, 0.2) is 0 Å². The van der Waals surface area contributed by atoms with Gasteiger partial charge in [-0.25, -0.2) is 4.98 Å². The van der Waals surface area contributed by atoms with Crippen molar-refractivity contribution in [3.05, 3.63) is 17.8 Å². The summed E-state index contributed by atoms with van der Waals surface area (Å²) in [5.74, 6) is 1.61. The predicted molar refractivity (Wildman–Crippen MR) is 63.0 cm³/mol. The Labute approximate surface area is 96.8 Å². The topological polar surface area (TPSA) is 31.4 Å². The van der Waals surface area contributed by atoms with E-state index in [4.69, 9.17) is 9.47 Å². The first-order valence-electron chi connectivity index (χ1n) is 6.01.